The predicted molar refractivity (Wildman–Crippen MR) is 83.6 cm³/mol. The van der Waals surface area contributed by atoms with E-state index in [1.54, 1.807) is 32.0 Å². The Hall–Kier alpha value is -1.27. The van der Waals surface area contributed by atoms with Crippen molar-refractivity contribution in [2.75, 3.05) is 0 Å². The first-order valence-electron chi connectivity index (χ1n) is 6.37. The zero-order valence-corrected chi connectivity index (χ0v) is 14.2. The maximum Gasteiger partial charge on any atom is 0.308 e. The highest BCUT2D eigenvalue weighted by atomic mass is 79.9. The minimum atomic E-state index is -0.961. The van der Waals surface area contributed by atoms with Crippen molar-refractivity contribution in [1.29, 1.82) is 0 Å². The number of ether oxygens (including phenoxy) is 1. The molecular weight excluding hydrogens is 362 g/mol. The highest BCUT2D eigenvalue weighted by molar-refractivity contribution is 9.10. The van der Waals surface area contributed by atoms with Gasteiger partial charge in [0.1, 0.15) is 5.75 Å². The van der Waals surface area contributed by atoms with E-state index in [1.807, 2.05) is 0 Å². The molecule has 0 aliphatic rings. The van der Waals surface area contributed by atoms with Gasteiger partial charge in [0.05, 0.1) is 10.4 Å². The molecule has 0 aliphatic carbocycles. The SMILES string of the molecule is CC(Oc1ccc(Cl)cc1Br)C(=O)NC(C)C(C)C(=O)O. The van der Waals surface area contributed by atoms with E-state index in [0.717, 1.165) is 0 Å². The van der Waals surface area contributed by atoms with E-state index < -0.39 is 24.0 Å². The van der Waals surface area contributed by atoms with Gasteiger partial charge in [-0.05, 0) is 54.9 Å². The summed E-state index contributed by atoms with van der Waals surface area (Å²) in [6.45, 7) is 4.77. The molecule has 1 aromatic carbocycles. The Bertz CT molecular complexity index is 538. The molecule has 1 amide bonds. The number of carboxylic acid groups (broad SMARTS) is 1. The van der Waals surface area contributed by atoms with Crippen LogP contribution in [0, 0.1) is 5.92 Å². The molecule has 0 fully saturated rings. The summed E-state index contributed by atoms with van der Waals surface area (Å²) in [6, 6.07) is 4.48. The standard InChI is InChI=1S/C14H17BrClNO4/c1-7(14(19)20)8(2)17-13(18)9(3)21-12-5-4-10(16)6-11(12)15/h4-9H,1-3H3,(H,17,18)(H,19,20). The van der Waals surface area contributed by atoms with Crippen molar-refractivity contribution in [3.05, 3.63) is 27.7 Å². The second-order valence-electron chi connectivity index (χ2n) is 4.76. The molecular formula is C14H17BrClNO4. The maximum absolute atomic E-state index is 12.0. The lowest BCUT2D eigenvalue weighted by atomic mass is 10.0. The fourth-order valence-electron chi connectivity index (χ4n) is 1.50. The van der Waals surface area contributed by atoms with Crippen LogP contribution in [0.15, 0.2) is 22.7 Å². The van der Waals surface area contributed by atoms with Crippen LogP contribution in [0.4, 0.5) is 0 Å². The molecule has 0 bridgehead atoms. The van der Waals surface area contributed by atoms with Crippen LogP contribution in [0.2, 0.25) is 5.02 Å². The smallest absolute Gasteiger partial charge is 0.308 e. The number of hydrogen-bond acceptors (Lipinski definition) is 3. The Morgan fingerprint density at radius 2 is 1.95 bits per heavy atom. The average Bonchev–Trinajstić information content (AvgIpc) is 2.40. The number of carbonyl (C=O) groups is 2. The Morgan fingerprint density at radius 1 is 1.33 bits per heavy atom. The van der Waals surface area contributed by atoms with Gasteiger partial charge in [0.25, 0.3) is 5.91 Å². The molecule has 1 rings (SSSR count). The zero-order chi connectivity index (χ0) is 16.2. The largest absolute Gasteiger partial charge is 0.481 e. The van der Waals surface area contributed by atoms with Crippen LogP contribution in [0.5, 0.6) is 5.75 Å². The van der Waals surface area contributed by atoms with Gasteiger partial charge in [-0.2, -0.15) is 0 Å². The van der Waals surface area contributed by atoms with Crippen LogP contribution in [0.25, 0.3) is 0 Å². The van der Waals surface area contributed by atoms with Crippen molar-refractivity contribution >= 4 is 39.4 Å². The molecule has 3 unspecified atom stereocenters. The van der Waals surface area contributed by atoms with Crippen molar-refractivity contribution < 1.29 is 19.4 Å². The van der Waals surface area contributed by atoms with Crippen molar-refractivity contribution in [2.24, 2.45) is 5.92 Å². The second kappa shape index (κ2) is 7.66. The Labute approximate surface area is 136 Å². The highest BCUT2D eigenvalue weighted by Crippen LogP contribution is 2.28. The van der Waals surface area contributed by atoms with Crippen molar-refractivity contribution in [1.82, 2.24) is 5.32 Å². The van der Waals surface area contributed by atoms with Gasteiger partial charge in [0, 0.05) is 11.1 Å². The van der Waals surface area contributed by atoms with Crippen molar-refractivity contribution in [3.8, 4) is 5.75 Å². The van der Waals surface area contributed by atoms with Crippen LogP contribution in [-0.2, 0) is 9.59 Å². The maximum atomic E-state index is 12.0. The van der Waals surface area contributed by atoms with E-state index in [1.165, 1.54) is 6.92 Å². The van der Waals surface area contributed by atoms with Gasteiger partial charge in [-0.15, -0.1) is 0 Å². The predicted octanol–water partition coefficient (Wildman–Crippen LogP) is 3.10. The summed E-state index contributed by atoms with van der Waals surface area (Å²) in [7, 11) is 0. The monoisotopic (exact) mass is 377 g/mol. The molecule has 3 atom stereocenters. The Morgan fingerprint density at radius 3 is 2.48 bits per heavy atom. The van der Waals surface area contributed by atoms with E-state index in [-0.39, 0.29) is 5.91 Å². The van der Waals surface area contributed by atoms with Gasteiger partial charge < -0.3 is 15.2 Å². The van der Waals surface area contributed by atoms with Gasteiger partial charge in [0.15, 0.2) is 6.10 Å². The molecule has 0 spiro atoms. The molecule has 0 aromatic heterocycles. The molecule has 1 aromatic rings. The number of carbonyl (C=O) groups excluding carboxylic acids is 1. The van der Waals surface area contributed by atoms with Crippen LogP contribution in [0.1, 0.15) is 20.8 Å². The number of nitrogens with one attached hydrogen (secondary N) is 1. The van der Waals surface area contributed by atoms with E-state index in [0.29, 0.717) is 15.2 Å². The zero-order valence-electron chi connectivity index (χ0n) is 11.9. The van der Waals surface area contributed by atoms with Crippen LogP contribution >= 0.6 is 27.5 Å². The van der Waals surface area contributed by atoms with E-state index in [2.05, 4.69) is 21.2 Å². The summed E-state index contributed by atoms with van der Waals surface area (Å²) < 4.78 is 6.18. The first-order valence-corrected chi connectivity index (χ1v) is 7.54. The van der Waals surface area contributed by atoms with Gasteiger partial charge in [0.2, 0.25) is 0 Å². The minimum absolute atomic E-state index is 0.377. The molecule has 116 valence electrons. The minimum Gasteiger partial charge on any atom is -0.481 e. The summed E-state index contributed by atoms with van der Waals surface area (Å²) >= 11 is 9.13. The van der Waals surface area contributed by atoms with Gasteiger partial charge in [-0.25, -0.2) is 0 Å². The number of halogens is 2. The number of aliphatic carboxylic acids is 1. The molecule has 0 aliphatic heterocycles. The number of rotatable bonds is 6. The number of benzene rings is 1. The lowest BCUT2D eigenvalue weighted by molar-refractivity contribution is -0.142. The number of hydrogen-bond donors (Lipinski definition) is 2. The normalized spacial score (nSPS) is 14.9. The number of carboxylic acids is 1. The van der Waals surface area contributed by atoms with E-state index in [9.17, 15) is 9.59 Å². The molecule has 21 heavy (non-hydrogen) atoms. The Kier molecular flexibility index (Phi) is 6.48. The van der Waals surface area contributed by atoms with Crippen LogP contribution in [0.3, 0.4) is 0 Å². The molecule has 7 heteroatoms. The van der Waals surface area contributed by atoms with Crippen LogP contribution in [-0.4, -0.2) is 29.1 Å². The fraction of sp³-hybridized carbons (Fsp3) is 0.429. The molecule has 0 radical (unpaired) electrons. The van der Waals surface area contributed by atoms with Crippen molar-refractivity contribution in [3.63, 3.8) is 0 Å². The molecule has 0 heterocycles. The Balaban J connectivity index is 2.64. The third kappa shape index (κ3) is 5.21. The summed E-state index contributed by atoms with van der Waals surface area (Å²) in [5, 5.41) is 12.1. The topological polar surface area (TPSA) is 75.6 Å². The molecule has 2 N–H and O–H groups in total. The molecule has 5 nitrogen and oxygen atoms in total. The summed E-state index contributed by atoms with van der Waals surface area (Å²) in [5.74, 6) is -1.53. The van der Waals surface area contributed by atoms with E-state index >= 15 is 0 Å². The summed E-state index contributed by atoms with van der Waals surface area (Å²) in [5.41, 5.74) is 0. The molecule has 0 saturated carbocycles. The van der Waals surface area contributed by atoms with Gasteiger partial charge in [-0.3, -0.25) is 9.59 Å². The third-order valence-corrected chi connectivity index (χ3v) is 3.93. The quantitative estimate of drug-likeness (QED) is 0.797. The lowest BCUT2D eigenvalue weighted by Gasteiger charge is -2.21. The summed E-state index contributed by atoms with van der Waals surface area (Å²) in [4.78, 5) is 22.9. The van der Waals surface area contributed by atoms with Gasteiger partial charge in [-0.1, -0.05) is 11.6 Å². The number of amides is 1. The van der Waals surface area contributed by atoms with Gasteiger partial charge >= 0.3 is 5.97 Å². The average molecular weight is 379 g/mol. The molecule has 0 saturated heterocycles. The van der Waals surface area contributed by atoms with E-state index in [4.69, 9.17) is 21.4 Å². The second-order valence-corrected chi connectivity index (χ2v) is 6.05. The van der Waals surface area contributed by atoms with Crippen molar-refractivity contribution in [2.45, 2.75) is 32.9 Å². The van der Waals surface area contributed by atoms with Crippen LogP contribution < -0.4 is 10.1 Å². The first kappa shape index (κ1) is 17.8. The first-order chi connectivity index (χ1) is 9.72. The lowest BCUT2D eigenvalue weighted by Crippen LogP contribution is -2.45. The fourth-order valence-corrected chi connectivity index (χ4v) is 2.27. The highest BCUT2D eigenvalue weighted by Gasteiger charge is 2.24. The third-order valence-electron chi connectivity index (χ3n) is 3.08. The summed E-state index contributed by atoms with van der Waals surface area (Å²) in [6.07, 6.45) is -0.758.